The van der Waals surface area contributed by atoms with E-state index in [9.17, 15) is 18.3 Å². The van der Waals surface area contributed by atoms with Gasteiger partial charge in [0.1, 0.15) is 11.5 Å². The molecule has 3 rings (SSSR count). The van der Waals surface area contributed by atoms with Gasteiger partial charge in [-0.2, -0.15) is 18.2 Å². The Kier molecular flexibility index (Phi) is 3.88. The SMILES string of the molecule is Cc1ccc([C@](O)(Cc2nc(-c3cccnc3)no2)C(F)(F)F)o1. The van der Waals surface area contributed by atoms with Crippen LogP contribution in [0.1, 0.15) is 17.4 Å². The Morgan fingerprint density at radius 3 is 2.58 bits per heavy atom. The quantitative estimate of drug-likeness (QED) is 0.786. The number of pyridine rings is 1. The van der Waals surface area contributed by atoms with Crippen molar-refractivity contribution in [2.24, 2.45) is 0 Å². The molecule has 0 aromatic carbocycles. The van der Waals surface area contributed by atoms with Gasteiger partial charge in [0, 0.05) is 18.0 Å². The molecular formula is C15H12F3N3O3. The van der Waals surface area contributed by atoms with Crippen molar-refractivity contribution in [3.8, 4) is 11.4 Å². The molecule has 24 heavy (non-hydrogen) atoms. The minimum atomic E-state index is -4.99. The highest BCUT2D eigenvalue weighted by atomic mass is 19.4. The third-order valence-electron chi connectivity index (χ3n) is 3.41. The molecule has 1 atom stereocenters. The van der Waals surface area contributed by atoms with Gasteiger partial charge in [0.15, 0.2) is 0 Å². The van der Waals surface area contributed by atoms with Gasteiger partial charge in [-0.25, -0.2) is 0 Å². The molecule has 0 aliphatic heterocycles. The molecule has 0 unspecified atom stereocenters. The second-order valence-electron chi connectivity index (χ2n) is 5.20. The fraction of sp³-hybridized carbons (Fsp3) is 0.267. The lowest BCUT2D eigenvalue weighted by Gasteiger charge is -2.26. The van der Waals surface area contributed by atoms with Crippen LogP contribution >= 0.6 is 0 Å². The standard InChI is InChI=1S/C15H12F3N3O3/c1-9-4-5-11(23-9)14(22,15(16,17)18)7-12-20-13(21-24-12)10-3-2-6-19-8-10/h2-6,8,22H,7H2,1H3/t14-/m1/s1. The van der Waals surface area contributed by atoms with Gasteiger partial charge in [-0.3, -0.25) is 4.98 Å². The van der Waals surface area contributed by atoms with Crippen LogP contribution in [-0.2, 0) is 12.0 Å². The molecule has 6 nitrogen and oxygen atoms in total. The van der Waals surface area contributed by atoms with E-state index in [1.807, 2.05) is 0 Å². The van der Waals surface area contributed by atoms with Crippen LogP contribution in [0.15, 0.2) is 45.6 Å². The average Bonchev–Trinajstić information content (AvgIpc) is 3.16. The second kappa shape index (κ2) is 5.75. The maximum absolute atomic E-state index is 13.4. The lowest BCUT2D eigenvalue weighted by molar-refractivity contribution is -0.273. The number of aliphatic hydroxyl groups is 1. The molecule has 0 amide bonds. The zero-order valence-corrected chi connectivity index (χ0v) is 12.4. The van der Waals surface area contributed by atoms with Gasteiger partial charge in [-0.05, 0) is 31.2 Å². The predicted molar refractivity (Wildman–Crippen MR) is 74.6 cm³/mol. The molecule has 3 heterocycles. The van der Waals surface area contributed by atoms with Gasteiger partial charge in [0.25, 0.3) is 0 Å². The molecule has 0 bridgehead atoms. The third kappa shape index (κ3) is 2.90. The first-order valence-corrected chi connectivity index (χ1v) is 6.88. The fourth-order valence-corrected chi connectivity index (χ4v) is 2.14. The molecule has 3 aromatic heterocycles. The number of aryl methyl sites for hydroxylation is 1. The molecule has 9 heteroatoms. The molecule has 0 aliphatic rings. The summed E-state index contributed by atoms with van der Waals surface area (Å²) >= 11 is 0. The van der Waals surface area contributed by atoms with Crippen LogP contribution in [0.4, 0.5) is 13.2 Å². The first-order chi connectivity index (χ1) is 11.3. The van der Waals surface area contributed by atoms with E-state index in [2.05, 4.69) is 15.1 Å². The van der Waals surface area contributed by atoms with Crippen molar-refractivity contribution < 1.29 is 27.2 Å². The zero-order valence-electron chi connectivity index (χ0n) is 12.4. The number of aromatic nitrogens is 3. The van der Waals surface area contributed by atoms with E-state index in [0.29, 0.717) is 5.56 Å². The molecule has 0 saturated carbocycles. The molecule has 0 radical (unpaired) electrons. The Morgan fingerprint density at radius 1 is 1.21 bits per heavy atom. The largest absolute Gasteiger partial charge is 0.463 e. The highest BCUT2D eigenvalue weighted by Gasteiger charge is 2.58. The summed E-state index contributed by atoms with van der Waals surface area (Å²) in [7, 11) is 0. The lowest BCUT2D eigenvalue weighted by Crippen LogP contribution is -2.44. The Balaban J connectivity index is 1.93. The maximum atomic E-state index is 13.4. The Morgan fingerprint density at radius 2 is 2.00 bits per heavy atom. The maximum Gasteiger partial charge on any atom is 0.425 e. The van der Waals surface area contributed by atoms with Crippen LogP contribution in [0.25, 0.3) is 11.4 Å². The van der Waals surface area contributed by atoms with Crippen molar-refractivity contribution in [1.82, 2.24) is 15.1 Å². The van der Waals surface area contributed by atoms with Gasteiger partial charge < -0.3 is 14.0 Å². The van der Waals surface area contributed by atoms with Crippen molar-refractivity contribution in [3.05, 3.63) is 54.1 Å². The van der Waals surface area contributed by atoms with Crippen molar-refractivity contribution in [3.63, 3.8) is 0 Å². The lowest BCUT2D eigenvalue weighted by atomic mass is 9.95. The van der Waals surface area contributed by atoms with Crippen LogP contribution in [0, 0.1) is 6.92 Å². The predicted octanol–water partition coefficient (Wildman–Crippen LogP) is 3.03. The normalized spacial score (nSPS) is 14.5. The van der Waals surface area contributed by atoms with Crippen molar-refractivity contribution >= 4 is 0 Å². The van der Waals surface area contributed by atoms with Crippen LogP contribution in [0.3, 0.4) is 0 Å². The number of hydrogen-bond donors (Lipinski definition) is 1. The number of rotatable bonds is 4. The van der Waals surface area contributed by atoms with Gasteiger partial charge in [-0.15, -0.1) is 0 Å². The molecule has 3 aromatic rings. The Bertz CT molecular complexity index is 829. The van der Waals surface area contributed by atoms with E-state index >= 15 is 0 Å². The molecule has 0 spiro atoms. The number of alkyl halides is 3. The summed E-state index contributed by atoms with van der Waals surface area (Å²) in [5, 5.41) is 13.8. The first-order valence-electron chi connectivity index (χ1n) is 6.88. The van der Waals surface area contributed by atoms with E-state index in [1.54, 1.807) is 12.1 Å². The Hall–Kier alpha value is -2.68. The van der Waals surface area contributed by atoms with E-state index in [1.165, 1.54) is 25.4 Å². The highest BCUT2D eigenvalue weighted by Crippen LogP contribution is 2.42. The van der Waals surface area contributed by atoms with Crippen LogP contribution in [-0.4, -0.2) is 26.4 Å². The second-order valence-corrected chi connectivity index (χ2v) is 5.20. The number of hydrogen-bond acceptors (Lipinski definition) is 6. The van der Waals surface area contributed by atoms with Crippen LogP contribution in [0.2, 0.25) is 0 Å². The number of furan rings is 1. The molecule has 0 fully saturated rings. The summed E-state index contributed by atoms with van der Waals surface area (Å²) in [6, 6.07) is 5.67. The summed E-state index contributed by atoms with van der Waals surface area (Å²) in [5.74, 6) is -0.677. The van der Waals surface area contributed by atoms with E-state index in [4.69, 9.17) is 8.94 Å². The summed E-state index contributed by atoms with van der Waals surface area (Å²) in [5.41, 5.74) is -2.78. The van der Waals surface area contributed by atoms with Crippen LogP contribution < -0.4 is 0 Å². The van der Waals surface area contributed by atoms with Crippen molar-refractivity contribution in [2.75, 3.05) is 0 Å². The Labute approximate surface area is 133 Å². The topological polar surface area (TPSA) is 85.2 Å². The minimum Gasteiger partial charge on any atom is -0.463 e. The summed E-state index contributed by atoms with van der Waals surface area (Å²) < 4.78 is 50.0. The summed E-state index contributed by atoms with van der Waals surface area (Å²) in [6.45, 7) is 1.48. The van der Waals surface area contributed by atoms with Crippen molar-refractivity contribution in [2.45, 2.75) is 25.1 Å². The minimum absolute atomic E-state index is 0.0817. The smallest absolute Gasteiger partial charge is 0.425 e. The van der Waals surface area contributed by atoms with Crippen molar-refractivity contribution in [1.29, 1.82) is 0 Å². The molecule has 126 valence electrons. The average molecular weight is 339 g/mol. The molecule has 0 aliphatic carbocycles. The van der Waals surface area contributed by atoms with E-state index in [-0.39, 0.29) is 17.5 Å². The number of halogens is 3. The van der Waals surface area contributed by atoms with E-state index < -0.39 is 24.0 Å². The summed E-state index contributed by atoms with van der Waals surface area (Å²) in [4.78, 5) is 7.76. The third-order valence-corrected chi connectivity index (χ3v) is 3.41. The first kappa shape index (κ1) is 16.2. The fourth-order valence-electron chi connectivity index (χ4n) is 2.14. The highest BCUT2D eigenvalue weighted by molar-refractivity contribution is 5.51. The number of nitrogens with zero attached hydrogens (tertiary/aromatic N) is 3. The molecule has 0 saturated heterocycles. The summed E-state index contributed by atoms with van der Waals surface area (Å²) in [6.07, 6.45) is -2.97. The molecular weight excluding hydrogens is 327 g/mol. The van der Waals surface area contributed by atoms with Gasteiger partial charge >= 0.3 is 6.18 Å². The molecule has 1 N–H and O–H groups in total. The van der Waals surface area contributed by atoms with E-state index in [0.717, 1.165) is 6.07 Å². The van der Waals surface area contributed by atoms with Gasteiger partial charge in [0.2, 0.25) is 17.3 Å². The van der Waals surface area contributed by atoms with Crippen LogP contribution in [0.5, 0.6) is 0 Å². The van der Waals surface area contributed by atoms with Gasteiger partial charge in [-0.1, -0.05) is 5.16 Å². The van der Waals surface area contributed by atoms with Gasteiger partial charge in [0.05, 0.1) is 6.42 Å². The zero-order chi connectivity index (χ0) is 17.4. The monoisotopic (exact) mass is 339 g/mol.